The minimum absolute atomic E-state index is 0.0225. The molecule has 4 atom stereocenters. The van der Waals surface area contributed by atoms with Crippen LogP contribution in [0.25, 0.3) is 11.2 Å². The predicted octanol–water partition coefficient (Wildman–Crippen LogP) is 4.05. The van der Waals surface area contributed by atoms with E-state index >= 15 is 0 Å². The SMILES string of the molecule is CC[C@H]1O[C@@H](n2cnc3c(=O)[nH]c(NC(=O)C(C)C)nc32)[C@@H](O[Si](C)(C)C(C)(C)C)C1C. The third kappa shape index (κ3) is 4.53. The van der Waals surface area contributed by atoms with Crippen molar-refractivity contribution < 1.29 is 14.0 Å². The van der Waals surface area contributed by atoms with Crippen LogP contribution in [-0.2, 0) is 14.0 Å². The van der Waals surface area contributed by atoms with Crippen LogP contribution in [0.2, 0.25) is 18.1 Å². The van der Waals surface area contributed by atoms with Crippen molar-refractivity contribution in [3.05, 3.63) is 16.7 Å². The molecule has 3 rings (SSSR count). The summed E-state index contributed by atoms with van der Waals surface area (Å²) in [6.45, 7) is 18.9. The van der Waals surface area contributed by atoms with Crippen LogP contribution < -0.4 is 10.9 Å². The second-order valence-electron chi connectivity index (χ2n) is 10.6. The van der Waals surface area contributed by atoms with Gasteiger partial charge in [0, 0.05) is 11.8 Å². The van der Waals surface area contributed by atoms with Gasteiger partial charge in [-0.05, 0) is 24.6 Å². The first-order valence-electron chi connectivity index (χ1n) is 11.4. The number of imidazole rings is 1. The number of aromatic amines is 1. The maximum Gasteiger partial charge on any atom is 0.280 e. The highest BCUT2D eigenvalue weighted by atomic mass is 28.4. The summed E-state index contributed by atoms with van der Waals surface area (Å²) in [7, 11) is -2.09. The Morgan fingerprint density at radius 3 is 2.59 bits per heavy atom. The highest BCUT2D eigenvalue weighted by molar-refractivity contribution is 6.74. The Morgan fingerprint density at radius 1 is 1.38 bits per heavy atom. The molecule has 10 heteroatoms. The molecule has 1 fully saturated rings. The van der Waals surface area contributed by atoms with Crippen molar-refractivity contribution in [2.75, 3.05) is 5.32 Å². The predicted molar refractivity (Wildman–Crippen MR) is 127 cm³/mol. The van der Waals surface area contributed by atoms with Gasteiger partial charge in [0.2, 0.25) is 11.9 Å². The van der Waals surface area contributed by atoms with E-state index in [2.05, 4.69) is 68.0 Å². The second kappa shape index (κ2) is 8.72. The Bertz CT molecular complexity index is 1040. The van der Waals surface area contributed by atoms with Gasteiger partial charge in [0.15, 0.2) is 25.7 Å². The normalized spacial score (nSPS) is 24.4. The summed E-state index contributed by atoms with van der Waals surface area (Å²) in [5.74, 6) is -0.205. The first-order valence-corrected chi connectivity index (χ1v) is 14.3. The van der Waals surface area contributed by atoms with Gasteiger partial charge in [-0.2, -0.15) is 4.98 Å². The standard InChI is InChI=1S/C22H37N5O4Si/c1-10-14-13(4)16(31-32(8,9)22(5,6)7)20(30-14)27-11-23-15-17(27)24-21(26-19(15)29)25-18(28)12(2)3/h11-14,16,20H,10H2,1-9H3,(H2,24,25,26,28,29)/t13?,14-,16+,20-/m1/s1. The van der Waals surface area contributed by atoms with Crippen molar-refractivity contribution in [1.29, 1.82) is 0 Å². The molecule has 1 saturated heterocycles. The van der Waals surface area contributed by atoms with Gasteiger partial charge in [0.05, 0.1) is 18.5 Å². The summed E-state index contributed by atoms with van der Waals surface area (Å²) in [5.41, 5.74) is 0.160. The van der Waals surface area contributed by atoms with E-state index in [1.165, 1.54) is 0 Å². The lowest BCUT2D eigenvalue weighted by atomic mass is 9.99. The number of hydrogen-bond donors (Lipinski definition) is 2. The first kappa shape index (κ1) is 24.6. The lowest BCUT2D eigenvalue weighted by Gasteiger charge is -2.40. The Labute approximate surface area is 190 Å². The quantitative estimate of drug-likeness (QED) is 0.625. The van der Waals surface area contributed by atoms with Crippen LogP contribution in [0.1, 0.15) is 61.1 Å². The number of carbonyl (C=O) groups is 1. The Balaban J connectivity index is 2.05. The monoisotopic (exact) mass is 463 g/mol. The summed E-state index contributed by atoms with van der Waals surface area (Å²) >= 11 is 0. The number of fused-ring (bicyclic) bond motifs is 1. The van der Waals surface area contributed by atoms with Gasteiger partial charge in [-0.25, -0.2) is 4.98 Å². The van der Waals surface area contributed by atoms with Crippen LogP contribution in [-0.4, -0.2) is 46.0 Å². The molecule has 2 aromatic rings. The van der Waals surface area contributed by atoms with Gasteiger partial charge >= 0.3 is 0 Å². The molecule has 1 unspecified atom stereocenters. The molecule has 0 saturated carbocycles. The second-order valence-corrected chi connectivity index (χ2v) is 15.3. The van der Waals surface area contributed by atoms with Crippen LogP contribution in [0.3, 0.4) is 0 Å². The van der Waals surface area contributed by atoms with E-state index < -0.39 is 20.1 Å². The summed E-state index contributed by atoms with van der Waals surface area (Å²) in [6, 6.07) is 0. The average Bonchev–Trinajstić information content (AvgIpc) is 3.22. The topological polar surface area (TPSA) is 111 Å². The van der Waals surface area contributed by atoms with E-state index in [1.54, 1.807) is 24.7 Å². The largest absolute Gasteiger partial charge is 0.409 e. The van der Waals surface area contributed by atoms with E-state index in [0.29, 0.717) is 5.65 Å². The fraction of sp³-hybridized carbons (Fsp3) is 0.727. The number of aromatic nitrogens is 4. The smallest absolute Gasteiger partial charge is 0.280 e. The summed E-state index contributed by atoms with van der Waals surface area (Å²) in [5, 5.41) is 2.71. The third-order valence-electron chi connectivity index (χ3n) is 6.81. The molecule has 9 nitrogen and oxygen atoms in total. The fourth-order valence-electron chi connectivity index (χ4n) is 3.66. The molecule has 1 aliphatic heterocycles. The summed E-state index contributed by atoms with van der Waals surface area (Å²) < 4.78 is 15.0. The first-order chi connectivity index (χ1) is 14.8. The number of nitrogens with zero attached hydrogens (tertiary/aromatic N) is 3. The van der Waals surface area contributed by atoms with E-state index in [1.807, 2.05) is 0 Å². The molecule has 178 valence electrons. The highest BCUT2D eigenvalue weighted by Crippen LogP contribution is 2.44. The Kier molecular flexibility index (Phi) is 6.70. The molecule has 2 aromatic heterocycles. The van der Waals surface area contributed by atoms with Crippen molar-refractivity contribution in [2.45, 2.75) is 91.5 Å². The zero-order chi connectivity index (χ0) is 24.0. The molecule has 0 radical (unpaired) electrons. The molecule has 0 bridgehead atoms. The fourth-order valence-corrected chi connectivity index (χ4v) is 5.02. The highest BCUT2D eigenvalue weighted by Gasteiger charge is 2.49. The Hall–Kier alpha value is -2.04. The zero-order valence-corrected chi connectivity index (χ0v) is 21.6. The van der Waals surface area contributed by atoms with E-state index in [4.69, 9.17) is 9.16 Å². The van der Waals surface area contributed by atoms with Crippen molar-refractivity contribution in [3.63, 3.8) is 0 Å². The zero-order valence-electron chi connectivity index (χ0n) is 20.6. The van der Waals surface area contributed by atoms with Crippen LogP contribution in [0, 0.1) is 11.8 Å². The maximum absolute atomic E-state index is 12.6. The molecular formula is C22H37N5O4Si. The molecule has 1 amide bonds. The van der Waals surface area contributed by atoms with Gasteiger partial charge < -0.3 is 9.16 Å². The number of carbonyl (C=O) groups excluding carboxylic acids is 1. The van der Waals surface area contributed by atoms with Crippen molar-refractivity contribution in [2.24, 2.45) is 11.8 Å². The van der Waals surface area contributed by atoms with Gasteiger partial charge in [-0.15, -0.1) is 0 Å². The molecule has 0 spiro atoms. The number of H-pyrrole nitrogens is 1. The van der Waals surface area contributed by atoms with Crippen molar-refractivity contribution in [1.82, 2.24) is 19.5 Å². The lowest BCUT2D eigenvalue weighted by Crippen LogP contribution is -2.46. The lowest BCUT2D eigenvalue weighted by molar-refractivity contribution is -0.118. The summed E-state index contributed by atoms with van der Waals surface area (Å²) in [6.07, 6.45) is 1.79. The molecule has 1 aliphatic rings. The van der Waals surface area contributed by atoms with Crippen LogP contribution in [0.5, 0.6) is 0 Å². The number of rotatable bonds is 6. The van der Waals surface area contributed by atoms with Crippen molar-refractivity contribution >= 4 is 31.3 Å². The van der Waals surface area contributed by atoms with E-state index in [9.17, 15) is 9.59 Å². The van der Waals surface area contributed by atoms with E-state index in [-0.39, 0.29) is 46.5 Å². The molecule has 3 heterocycles. The van der Waals surface area contributed by atoms with Crippen LogP contribution in [0.15, 0.2) is 11.1 Å². The molecule has 32 heavy (non-hydrogen) atoms. The van der Waals surface area contributed by atoms with Gasteiger partial charge in [-0.1, -0.05) is 48.5 Å². The minimum Gasteiger partial charge on any atom is -0.409 e. The van der Waals surface area contributed by atoms with Crippen LogP contribution in [0.4, 0.5) is 5.95 Å². The molecule has 0 aromatic carbocycles. The number of amides is 1. The molecule has 0 aliphatic carbocycles. The molecule has 2 N–H and O–H groups in total. The average molecular weight is 464 g/mol. The van der Waals surface area contributed by atoms with Gasteiger partial charge in [-0.3, -0.25) is 24.5 Å². The van der Waals surface area contributed by atoms with Gasteiger partial charge in [0.25, 0.3) is 5.56 Å². The number of anilines is 1. The van der Waals surface area contributed by atoms with E-state index in [0.717, 1.165) is 6.42 Å². The van der Waals surface area contributed by atoms with Crippen LogP contribution >= 0.6 is 0 Å². The maximum atomic E-state index is 12.6. The summed E-state index contributed by atoms with van der Waals surface area (Å²) in [4.78, 5) is 36.1. The third-order valence-corrected chi connectivity index (χ3v) is 11.3. The van der Waals surface area contributed by atoms with Gasteiger partial charge in [0.1, 0.15) is 0 Å². The number of nitrogens with one attached hydrogen (secondary N) is 2. The number of ether oxygens (including phenoxy) is 1. The molecular weight excluding hydrogens is 426 g/mol. The Morgan fingerprint density at radius 2 is 2.03 bits per heavy atom. The minimum atomic E-state index is -2.09. The van der Waals surface area contributed by atoms with Crippen molar-refractivity contribution in [3.8, 4) is 0 Å². The number of hydrogen-bond acceptors (Lipinski definition) is 6.